The molecule has 0 aliphatic carbocycles. The number of thiophene rings is 1. The number of aromatic hydroxyl groups is 1. The number of methoxy groups -OCH3 is 1. The molecule has 0 aliphatic rings. The molecule has 1 heterocycles. The summed E-state index contributed by atoms with van der Waals surface area (Å²) in [5.74, 6) is 0.940. The molecule has 0 unspecified atom stereocenters. The minimum absolute atomic E-state index is 0.260. The largest absolute Gasteiger partial charge is 0.507 e. The highest BCUT2D eigenvalue weighted by molar-refractivity contribution is 9.11. The maximum absolute atomic E-state index is 9.60. The molecule has 0 saturated heterocycles. The monoisotopic (exact) mass is 258 g/mol. The van der Waals surface area contributed by atoms with Gasteiger partial charge in [-0.15, -0.1) is 11.3 Å². The van der Waals surface area contributed by atoms with Crippen LogP contribution in [0, 0.1) is 0 Å². The molecule has 2 aromatic rings. The third kappa shape index (κ3) is 1.51. The molecule has 2 nitrogen and oxygen atoms in total. The summed E-state index contributed by atoms with van der Waals surface area (Å²) in [5, 5.41) is 10.5. The van der Waals surface area contributed by atoms with Crippen LogP contribution in [0.25, 0.3) is 10.1 Å². The van der Waals surface area contributed by atoms with Crippen LogP contribution in [0.1, 0.15) is 0 Å². The third-order valence-corrected chi connectivity index (χ3v) is 3.38. The van der Waals surface area contributed by atoms with Crippen LogP contribution in [0.5, 0.6) is 11.5 Å². The second kappa shape index (κ2) is 3.20. The number of phenolic OH excluding ortho intramolecular Hbond substituents is 1. The number of hydrogen-bond acceptors (Lipinski definition) is 3. The van der Waals surface area contributed by atoms with E-state index in [1.807, 2.05) is 12.1 Å². The van der Waals surface area contributed by atoms with Gasteiger partial charge in [0.15, 0.2) is 0 Å². The number of hydrogen-bond donors (Lipinski definition) is 1. The van der Waals surface area contributed by atoms with Gasteiger partial charge in [-0.05, 0) is 28.1 Å². The van der Waals surface area contributed by atoms with Gasteiger partial charge < -0.3 is 9.84 Å². The summed E-state index contributed by atoms with van der Waals surface area (Å²) in [6.07, 6.45) is 0. The Labute approximate surface area is 87.9 Å². The fourth-order valence-electron chi connectivity index (χ4n) is 1.18. The minimum atomic E-state index is 0.260. The topological polar surface area (TPSA) is 29.5 Å². The molecule has 1 aromatic carbocycles. The minimum Gasteiger partial charge on any atom is -0.507 e. The van der Waals surface area contributed by atoms with E-state index in [2.05, 4.69) is 15.9 Å². The highest BCUT2D eigenvalue weighted by atomic mass is 79.9. The lowest BCUT2D eigenvalue weighted by Crippen LogP contribution is -1.80. The van der Waals surface area contributed by atoms with E-state index >= 15 is 0 Å². The highest BCUT2D eigenvalue weighted by Crippen LogP contribution is 2.37. The van der Waals surface area contributed by atoms with Crippen LogP contribution in [-0.4, -0.2) is 12.2 Å². The van der Waals surface area contributed by atoms with Crippen molar-refractivity contribution < 1.29 is 9.84 Å². The normalized spacial score (nSPS) is 10.6. The maximum Gasteiger partial charge on any atom is 0.127 e. The Morgan fingerprint density at radius 1 is 1.38 bits per heavy atom. The molecule has 1 aromatic heterocycles. The van der Waals surface area contributed by atoms with Crippen LogP contribution in [0.4, 0.5) is 0 Å². The van der Waals surface area contributed by atoms with Crippen molar-refractivity contribution in [2.24, 2.45) is 0 Å². The van der Waals surface area contributed by atoms with Crippen LogP contribution in [-0.2, 0) is 0 Å². The van der Waals surface area contributed by atoms with Gasteiger partial charge in [0.1, 0.15) is 11.5 Å². The van der Waals surface area contributed by atoms with Crippen molar-refractivity contribution in [3.63, 3.8) is 0 Å². The molecule has 2 rings (SSSR count). The van der Waals surface area contributed by atoms with Gasteiger partial charge in [-0.25, -0.2) is 0 Å². The number of halogens is 1. The summed E-state index contributed by atoms with van der Waals surface area (Å²) in [5.41, 5.74) is 0. The Hall–Kier alpha value is -0.740. The first-order chi connectivity index (χ1) is 6.20. The summed E-state index contributed by atoms with van der Waals surface area (Å²) in [6, 6.07) is 5.42. The van der Waals surface area contributed by atoms with E-state index in [0.717, 1.165) is 13.9 Å². The summed E-state index contributed by atoms with van der Waals surface area (Å²) in [7, 11) is 1.59. The van der Waals surface area contributed by atoms with Gasteiger partial charge >= 0.3 is 0 Å². The van der Waals surface area contributed by atoms with Crippen molar-refractivity contribution in [2.45, 2.75) is 0 Å². The average Bonchev–Trinajstić information content (AvgIpc) is 2.46. The number of benzene rings is 1. The van der Waals surface area contributed by atoms with Gasteiger partial charge in [-0.3, -0.25) is 0 Å². The summed E-state index contributed by atoms with van der Waals surface area (Å²) in [6.45, 7) is 0. The van der Waals surface area contributed by atoms with E-state index in [1.54, 1.807) is 24.5 Å². The Balaban J connectivity index is 2.75. The first kappa shape index (κ1) is 8.84. The van der Waals surface area contributed by atoms with Gasteiger partial charge in [-0.1, -0.05) is 0 Å². The standard InChI is InChI=1S/C9H7BrO2S/c1-12-5-2-7(11)6-4-9(10)13-8(6)3-5/h2-4,11H,1H3. The van der Waals surface area contributed by atoms with Crippen LogP contribution >= 0.6 is 27.3 Å². The van der Waals surface area contributed by atoms with Gasteiger partial charge in [0, 0.05) is 16.2 Å². The molecule has 0 spiro atoms. The Kier molecular flexibility index (Phi) is 2.17. The average molecular weight is 259 g/mol. The number of ether oxygens (including phenoxy) is 1. The van der Waals surface area contributed by atoms with Gasteiger partial charge in [0.05, 0.1) is 10.9 Å². The number of phenols is 1. The number of fused-ring (bicyclic) bond motifs is 1. The second-order valence-corrected chi connectivity index (χ2v) is 5.07. The highest BCUT2D eigenvalue weighted by Gasteiger charge is 2.06. The van der Waals surface area contributed by atoms with E-state index < -0.39 is 0 Å². The smallest absolute Gasteiger partial charge is 0.127 e. The maximum atomic E-state index is 9.60. The molecule has 68 valence electrons. The van der Waals surface area contributed by atoms with E-state index in [1.165, 1.54) is 0 Å². The van der Waals surface area contributed by atoms with E-state index in [0.29, 0.717) is 5.75 Å². The molecule has 0 atom stereocenters. The van der Waals surface area contributed by atoms with Crippen molar-refractivity contribution in [1.29, 1.82) is 0 Å². The molecule has 4 heteroatoms. The molecule has 0 fully saturated rings. The van der Waals surface area contributed by atoms with E-state index in [4.69, 9.17) is 4.74 Å². The first-order valence-corrected chi connectivity index (χ1v) is 5.27. The Morgan fingerprint density at radius 3 is 2.85 bits per heavy atom. The van der Waals surface area contributed by atoms with Crippen LogP contribution in [0.15, 0.2) is 22.0 Å². The van der Waals surface area contributed by atoms with Crippen molar-refractivity contribution in [1.82, 2.24) is 0 Å². The van der Waals surface area contributed by atoms with Crippen LogP contribution < -0.4 is 4.74 Å². The fourth-order valence-corrected chi connectivity index (χ4v) is 2.77. The number of rotatable bonds is 1. The van der Waals surface area contributed by atoms with Gasteiger partial charge in [0.2, 0.25) is 0 Å². The zero-order valence-electron chi connectivity index (χ0n) is 6.87. The summed E-state index contributed by atoms with van der Waals surface area (Å²) in [4.78, 5) is 0. The second-order valence-electron chi connectivity index (χ2n) is 2.61. The van der Waals surface area contributed by atoms with Crippen LogP contribution in [0.2, 0.25) is 0 Å². The molecular formula is C9H7BrO2S. The zero-order valence-corrected chi connectivity index (χ0v) is 9.28. The zero-order chi connectivity index (χ0) is 9.42. The lowest BCUT2D eigenvalue weighted by Gasteiger charge is -2.00. The SMILES string of the molecule is COc1cc(O)c2cc(Br)sc2c1. The summed E-state index contributed by atoms with van der Waals surface area (Å²) < 4.78 is 7.07. The third-order valence-electron chi connectivity index (χ3n) is 1.79. The van der Waals surface area contributed by atoms with Crippen LogP contribution in [0.3, 0.4) is 0 Å². The molecule has 0 saturated carbocycles. The van der Waals surface area contributed by atoms with Crippen molar-refractivity contribution >= 4 is 37.4 Å². The molecule has 0 aliphatic heterocycles. The molecule has 0 amide bonds. The molecule has 13 heavy (non-hydrogen) atoms. The molecular weight excluding hydrogens is 252 g/mol. The predicted octanol–water partition coefficient (Wildman–Crippen LogP) is 3.38. The van der Waals surface area contributed by atoms with E-state index in [-0.39, 0.29) is 5.75 Å². The lowest BCUT2D eigenvalue weighted by molar-refractivity contribution is 0.409. The van der Waals surface area contributed by atoms with Crippen molar-refractivity contribution in [3.05, 3.63) is 22.0 Å². The van der Waals surface area contributed by atoms with E-state index in [9.17, 15) is 5.11 Å². The molecule has 1 N–H and O–H groups in total. The first-order valence-electron chi connectivity index (χ1n) is 3.67. The molecule has 0 radical (unpaired) electrons. The van der Waals surface area contributed by atoms with Gasteiger partial charge in [-0.2, -0.15) is 0 Å². The predicted molar refractivity (Wildman–Crippen MR) is 57.7 cm³/mol. The molecule has 0 bridgehead atoms. The summed E-state index contributed by atoms with van der Waals surface area (Å²) >= 11 is 4.94. The van der Waals surface area contributed by atoms with Crippen molar-refractivity contribution in [3.8, 4) is 11.5 Å². The van der Waals surface area contributed by atoms with Crippen molar-refractivity contribution in [2.75, 3.05) is 7.11 Å². The van der Waals surface area contributed by atoms with Gasteiger partial charge in [0.25, 0.3) is 0 Å². The lowest BCUT2D eigenvalue weighted by atomic mass is 10.2. The fraction of sp³-hybridized carbons (Fsp3) is 0.111. The quantitative estimate of drug-likeness (QED) is 0.850. The Morgan fingerprint density at radius 2 is 2.15 bits per heavy atom. The Bertz CT molecular complexity index is 450.